The number of hydrogen-bond acceptors (Lipinski definition) is 5. The number of alkyl halides is 3. The Hall–Kier alpha value is -2.91. The molecule has 0 aliphatic carbocycles. The summed E-state index contributed by atoms with van der Waals surface area (Å²) in [4.78, 5) is 20.0. The first-order valence-electron chi connectivity index (χ1n) is 12.5. The van der Waals surface area contributed by atoms with E-state index in [1.54, 1.807) is 13.3 Å². The summed E-state index contributed by atoms with van der Waals surface area (Å²) in [5.74, 6) is 0.658. The predicted octanol–water partition coefficient (Wildman–Crippen LogP) is 5.50. The van der Waals surface area contributed by atoms with Gasteiger partial charge in [0.2, 0.25) is 0 Å². The van der Waals surface area contributed by atoms with E-state index in [0.717, 1.165) is 41.8 Å². The number of amides is 1. The van der Waals surface area contributed by atoms with Crippen LogP contribution in [0.25, 0.3) is 0 Å². The number of ether oxygens (including phenoxy) is 2. The van der Waals surface area contributed by atoms with Gasteiger partial charge in [0.05, 0.1) is 35.7 Å². The lowest BCUT2D eigenvalue weighted by atomic mass is 9.78. The van der Waals surface area contributed by atoms with Crippen molar-refractivity contribution in [3.8, 4) is 0 Å². The predicted molar refractivity (Wildman–Crippen MR) is 133 cm³/mol. The van der Waals surface area contributed by atoms with E-state index in [4.69, 9.17) is 9.47 Å². The zero-order valence-corrected chi connectivity index (χ0v) is 21.5. The van der Waals surface area contributed by atoms with E-state index < -0.39 is 11.7 Å². The third-order valence-electron chi connectivity index (χ3n) is 7.48. The number of fused-ring (bicyclic) bond motifs is 1. The highest BCUT2D eigenvalue weighted by atomic mass is 19.4. The molecule has 1 atom stereocenters. The summed E-state index contributed by atoms with van der Waals surface area (Å²) in [6.07, 6.45) is -1.31. The van der Waals surface area contributed by atoms with Gasteiger partial charge in [-0.1, -0.05) is 32.6 Å². The van der Waals surface area contributed by atoms with Crippen molar-refractivity contribution in [2.24, 2.45) is 11.3 Å². The first-order chi connectivity index (χ1) is 17.5. The SMILES string of the molecule is C=C(OC)C1(CNC(=O)c2cnc3c(c2)CN(Cc2ccc(C(F)(F)F)cc2)[C@H]3C(C)C)CCOCC1. The molecule has 4 rings (SSSR count). The second kappa shape index (κ2) is 10.8. The van der Waals surface area contributed by atoms with Crippen LogP contribution in [0.2, 0.25) is 0 Å². The Kier molecular flexibility index (Phi) is 7.94. The molecule has 0 bridgehead atoms. The van der Waals surface area contributed by atoms with Crippen molar-refractivity contribution >= 4 is 5.91 Å². The lowest BCUT2D eigenvalue weighted by molar-refractivity contribution is -0.137. The van der Waals surface area contributed by atoms with Crippen LogP contribution in [0.3, 0.4) is 0 Å². The highest BCUT2D eigenvalue weighted by molar-refractivity contribution is 5.94. The number of pyridine rings is 1. The van der Waals surface area contributed by atoms with Crippen LogP contribution in [-0.2, 0) is 28.7 Å². The fourth-order valence-corrected chi connectivity index (χ4v) is 5.34. The molecule has 0 radical (unpaired) electrons. The van der Waals surface area contributed by atoms with Crippen molar-refractivity contribution in [3.05, 3.63) is 76.8 Å². The second-order valence-corrected chi connectivity index (χ2v) is 10.3. The Balaban J connectivity index is 1.47. The molecule has 2 aromatic rings. The largest absolute Gasteiger partial charge is 0.501 e. The van der Waals surface area contributed by atoms with E-state index in [2.05, 4.69) is 35.6 Å². The van der Waals surface area contributed by atoms with Gasteiger partial charge in [0.1, 0.15) is 0 Å². The number of hydrogen-bond donors (Lipinski definition) is 1. The third-order valence-corrected chi connectivity index (χ3v) is 7.48. The van der Waals surface area contributed by atoms with Crippen LogP contribution in [0.15, 0.2) is 48.9 Å². The van der Waals surface area contributed by atoms with Crippen LogP contribution in [0.1, 0.15) is 65.5 Å². The maximum atomic E-state index is 13.1. The molecule has 1 amide bonds. The summed E-state index contributed by atoms with van der Waals surface area (Å²) >= 11 is 0. The number of methoxy groups -OCH3 is 1. The smallest absolute Gasteiger partial charge is 0.416 e. The van der Waals surface area contributed by atoms with Crippen LogP contribution < -0.4 is 5.32 Å². The average Bonchev–Trinajstić information content (AvgIpc) is 3.24. The summed E-state index contributed by atoms with van der Waals surface area (Å²) in [5.41, 5.74) is 2.11. The van der Waals surface area contributed by atoms with Gasteiger partial charge >= 0.3 is 6.18 Å². The Labute approximate surface area is 215 Å². The first-order valence-corrected chi connectivity index (χ1v) is 12.5. The van der Waals surface area contributed by atoms with Crippen molar-refractivity contribution in [2.75, 3.05) is 26.9 Å². The van der Waals surface area contributed by atoms with Gasteiger partial charge in [0.25, 0.3) is 5.91 Å². The lowest BCUT2D eigenvalue weighted by Gasteiger charge is -2.37. The highest BCUT2D eigenvalue weighted by Crippen LogP contribution is 2.40. The number of nitrogens with zero attached hydrogens (tertiary/aromatic N) is 2. The minimum Gasteiger partial charge on any atom is -0.501 e. The molecule has 1 N–H and O–H groups in total. The lowest BCUT2D eigenvalue weighted by Crippen LogP contribution is -2.43. The molecule has 1 aromatic heterocycles. The average molecular weight is 518 g/mol. The molecule has 2 aliphatic heterocycles. The molecule has 1 aromatic carbocycles. The van der Waals surface area contributed by atoms with Crippen molar-refractivity contribution in [1.82, 2.24) is 15.2 Å². The van der Waals surface area contributed by atoms with Crippen LogP contribution >= 0.6 is 0 Å². The Bertz CT molecular complexity index is 1130. The number of benzene rings is 1. The molecule has 1 fully saturated rings. The molecule has 37 heavy (non-hydrogen) atoms. The van der Waals surface area contributed by atoms with Gasteiger partial charge in [-0.25, -0.2) is 0 Å². The van der Waals surface area contributed by atoms with Crippen LogP contribution in [0.5, 0.6) is 0 Å². The van der Waals surface area contributed by atoms with Crippen molar-refractivity contribution in [1.29, 1.82) is 0 Å². The maximum absolute atomic E-state index is 13.1. The zero-order valence-electron chi connectivity index (χ0n) is 21.5. The summed E-state index contributed by atoms with van der Waals surface area (Å²) < 4.78 is 49.8. The number of nitrogens with one attached hydrogen (secondary N) is 1. The number of halogens is 3. The fourth-order valence-electron chi connectivity index (χ4n) is 5.34. The maximum Gasteiger partial charge on any atom is 0.416 e. The van der Waals surface area contributed by atoms with Crippen LogP contribution in [0.4, 0.5) is 13.2 Å². The first kappa shape index (κ1) is 27.1. The molecule has 6 nitrogen and oxygen atoms in total. The topological polar surface area (TPSA) is 63.7 Å². The van der Waals surface area contributed by atoms with E-state index in [1.165, 1.54) is 12.1 Å². The minimum absolute atomic E-state index is 0.00457. The molecule has 0 saturated carbocycles. The van der Waals surface area contributed by atoms with E-state index in [-0.39, 0.29) is 23.3 Å². The quantitative estimate of drug-likeness (QED) is 0.469. The van der Waals surface area contributed by atoms with Crippen LogP contribution in [-0.4, -0.2) is 42.7 Å². The molecular formula is C28H34F3N3O3. The van der Waals surface area contributed by atoms with Crippen molar-refractivity contribution in [3.63, 3.8) is 0 Å². The van der Waals surface area contributed by atoms with Gasteiger partial charge in [-0.05, 0) is 48.1 Å². The van der Waals surface area contributed by atoms with Gasteiger partial charge in [0, 0.05) is 44.5 Å². The van der Waals surface area contributed by atoms with Gasteiger partial charge in [-0.2, -0.15) is 13.2 Å². The number of rotatable bonds is 8. The molecule has 9 heteroatoms. The van der Waals surface area contributed by atoms with Gasteiger partial charge in [-0.3, -0.25) is 14.7 Å². The monoisotopic (exact) mass is 517 g/mol. The van der Waals surface area contributed by atoms with E-state index in [9.17, 15) is 18.0 Å². The number of carbonyl (C=O) groups excluding carboxylic acids is 1. The number of aromatic nitrogens is 1. The van der Waals surface area contributed by atoms with Crippen molar-refractivity contribution in [2.45, 2.75) is 52.0 Å². The Morgan fingerprint density at radius 3 is 2.54 bits per heavy atom. The highest BCUT2D eigenvalue weighted by Gasteiger charge is 2.38. The molecule has 0 unspecified atom stereocenters. The van der Waals surface area contributed by atoms with E-state index >= 15 is 0 Å². The Morgan fingerprint density at radius 1 is 1.27 bits per heavy atom. The van der Waals surface area contributed by atoms with E-state index in [0.29, 0.717) is 44.2 Å². The normalized spacial score (nSPS) is 19.5. The summed E-state index contributed by atoms with van der Waals surface area (Å²) in [6.45, 7) is 10.9. The standard InChI is InChI=1S/C28H34F3N3O3/c1-18(2)25-24-22(16-34(25)15-20-5-7-23(8-6-20)28(29,30)31)13-21(14-32-24)26(35)33-17-27(19(3)36-4)9-11-37-12-10-27/h5-8,13-14,18,25H,3,9-12,15-17H2,1-2,4H3,(H,33,35)/t25-/m0/s1. The third kappa shape index (κ3) is 5.83. The molecule has 200 valence electrons. The van der Waals surface area contributed by atoms with Gasteiger partial charge in [0.15, 0.2) is 0 Å². The summed E-state index contributed by atoms with van der Waals surface area (Å²) in [7, 11) is 1.59. The number of carbonyl (C=O) groups is 1. The minimum atomic E-state index is -4.36. The summed E-state index contributed by atoms with van der Waals surface area (Å²) in [6, 6.07) is 7.16. The zero-order chi connectivity index (χ0) is 26.8. The second-order valence-electron chi connectivity index (χ2n) is 10.3. The van der Waals surface area contributed by atoms with Gasteiger partial charge < -0.3 is 14.8 Å². The van der Waals surface area contributed by atoms with E-state index in [1.807, 2.05) is 6.07 Å². The molecular weight excluding hydrogens is 483 g/mol. The Morgan fingerprint density at radius 2 is 1.95 bits per heavy atom. The molecule has 0 spiro atoms. The molecule has 3 heterocycles. The van der Waals surface area contributed by atoms with Crippen LogP contribution in [0, 0.1) is 11.3 Å². The molecule has 1 saturated heterocycles. The molecule has 2 aliphatic rings. The fraction of sp³-hybridized carbons (Fsp3) is 0.500. The van der Waals surface area contributed by atoms with Crippen molar-refractivity contribution < 1.29 is 27.4 Å². The van der Waals surface area contributed by atoms with Gasteiger partial charge in [-0.15, -0.1) is 0 Å². The summed E-state index contributed by atoms with van der Waals surface area (Å²) in [5, 5.41) is 3.04.